The van der Waals surface area contributed by atoms with Crippen LogP contribution in [0.5, 0.6) is 0 Å². The summed E-state index contributed by atoms with van der Waals surface area (Å²) in [5.41, 5.74) is 1.69. The molecule has 8 nitrogen and oxygen atoms in total. The van der Waals surface area contributed by atoms with E-state index in [2.05, 4.69) is 15.7 Å². The first-order chi connectivity index (χ1) is 12.9. The van der Waals surface area contributed by atoms with Gasteiger partial charge in [0.1, 0.15) is 0 Å². The average molecular weight is 390 g/mol. The Kier molecular flexibility index (Phi) is 5.90. The summed E-state index contributed by atoms with van der Waals surface area (Å²) in [4.78, 5) is 23.8. The molecule has 2 aromatic rings. The molecule has 2 amide bonds. The molecule has 2 N–H and O–H groups in total. The predicted molar refractivity (Wildman–Crippen MR) is 100 cm³/mol. The molecule has 1 saturated heterocycles. The van der Waals surface area contributed by atoms with E-state index < -0.39 is 9.84 Å². The summed E-state index contributed by atoms with van der Waals surface area (Å²) >= 11 is 0. The average Bonchev–Trinajstić information content (AvgIpc) is 3.22. The highest BCUT2D eigenvalue weighted by atomic mass is 32.2. The largest absolute Gasteiger partial charge is 0.355 e. The topological polar surface area (TPSA) is 110 Å². The molecule has 1 aromatic carbocycles. The Hall–Kier alpha value is -2.68. The molecule has 0 saturated carbocycles. The lowest BCUT2D eigenvalue weighted by Crippen LogP contribution is -2.37. The SMILES string of the molecule is O=C(Cc1cnn(-c2ccccc2)c1)NCCC(=O)NC1CCS(=O)(=O)C1. The third kappa shape index (κ3) is 5.65. The van der Waals surface area contributed by atoms with Gasteiger partial charge in [-0.25, -0.2) is 13.1 Å². The van der Waals surface area contributed by atoms with E-state index in [-0.39, 0.29) is 48.7 Å². The summed E-state index contributed by atoms with van der Waals surface area (Å²) in [6.45, 7) is 0.205. The highest BCUT2D eigenvalue weighted by Gasteiger charge is 2.28. The Morgan fingerprint density at radius 2 is 1.96 bits per heavy atom. The Morgan fingerprint density at radius 3 is 2.67 bits per heavy atom. The fraction of sp³-hybridized carbons (Fsp3) is 0.389. The van der Waals surface area contributed by atoms with E-state index in [9.17, 15) is 18.0 Å². The van der Waals surface area contributed by atoms with Crippen molar-refractivity contribution in [2.75, 3.05) is 18.1 Å². The van der Waals surface area contributed by atoms with E-state index in [1.54, 1.807) is 17.1 Å². The number of sulfone groups is 1. The molecule has 0 spiro atoms. The zero-order chi connectivity index (χ0) is 19.3. The summed E-state index contributed by atoms with van der Waals surface area (Å²) < 4.78 is 24.5. The van der Waals surface area contributed by atoms with E-state index in [1.807, 2.05) is 30.3 Å². The highest BCUT2D eigenvalue weighted by molar-refractivity contribution is 7.91. The molecular formula is C18H22N4O4S. The molecule has 1 aromatic heterocycles. The number of para-hydroxylation sites is 1. The number of benzene rings is 1. The standard InChI is InChI=1S/C18H22N4O4S/c23-17(21-15-7-9-27(25,26)13-15)6-8-19-18(24)10-14-11-20-22(12-14)16-4-2-1-3-5-16/h1-5,11-12,15H,6-10,13H2,(H,19,24)(H,21,23). The van der Waals surface area contributed by atoms with Crippen molar-refractivity contribution in [3.05, 3.63) is 48.3 Å². The summed E-state index contributed by atoms with van der Waals surface area (Å²) in [7, 11) is -3.02. The number of hydrogen-bond acceptors (Lipinski definition) is 5. The predicted octanol–water partition coefficient (Wildman–Crippen LogP) is 0.224. The third-order valence-corrected chi connectivity index (χ3v) is 6.06. The van der Waals surface area contributed by atoms with Crippen LogP contribution in [0.4, 0.5) is 0 Å². The molecule has 0 aliphatic carbocycles. The van der Waals surface area contributed by atoms with Gasteiger partial charge in [0.05, 0.1) is 29.8 Å². The zero-order valence-corrected chi connectivity index (χ0v) is 15.6. The Bertz CT molecular complexity index is 908. The van der Waals surface area contributed by atoms with E-state index in [1.165, 1.54) is 0 Å². The maximum Gasteiger partial charge on any atom is 0.224 e. The van der Waals surface area contributed by atoms with Crippen molar-refractivity contribution in [3.63, 3.8) is 0 Å². The van der Waals surface area contributed by atoms with E-state index in [0.29, 0.717) is 6.42 Å². The van der Waals surface area contributed by atoms with Crippen LogP contribution in [0.2, 0.25) is 0 Å². The summed E-state index contributed by atoms with van der Waals surface area (Å²) in [6.07, 6.45) is 4.18. The van der Waals surface area contributed by atoms with Gasteiger partial charge in [-0.2, -0.15) is 5.10 Å². The second kappa shape index (κ2) is 8.34. The molecule has 1 fully saturated rings. The van der Waals surface area contributed by atoms with Crippen LogP contribution in [0.15, 0.2) is 42.7 Å². The summed E-state index contributed by atoms with van der Waals surface area (Å²) in [6, 6.07) is 9.27. The smallest absolute Gasteiger partial charge is 0.224 e. The Labute approximate surface area is 157 Å². The molecule has 0 radical (unpaired) electrons. The number of nitrogens with zero attached hydrogens (tertiary/aromatic N) is 2. The van der Waals surface area contributed by atoms with Crippen LogP contribution in [0.1, 0.15) is 18.4 Å². The van der Waals surface area contributed by atoms with Crippen molar-refractivity contribution in [3.8, 4) is 5.69 Å². The molecular weight excluding hydrogens is 368 g/mol. The van der Waals surface area contributed by atoms with Gasteiger partial charge in [0, 0.05) is 25.2 Å². The minimum absolute atomic E-state index is 0.00347. The van der Waals surface area contributed by atoms with Crippen LogP contribution in [-0.2, 0) is 25.8 Å². The molecule has 1 aliphatic heterocycles. The first-order valence-corrected chi connectivity index (χ1v) is 10.6. The van der Waals surface area contributed by atoms with Crippen molar-refractivity contribution in [2.45, 2.75) is 25.3 Å². The van der Waals surface area contributed by atoms with Crippen LogP contribution in [0.25, 0.3) is 5.69 Å². The van der Waals surface area contributed by atoms with Crippen molar-refractivity contribution in [1.82, 2.24) is 20.4 Å². The Morgan fingerprint density at radius 1 is 1.19 bits per heavy atom. The quantitative estimate of drug-likeness (QED) is 0.703. The van der Waals surface area contributed by atoms with Gasteiger partial charge in [0.15, 0.2) is 9.84 Å². The van der Waals surface area contributed by atoms with Gasteiger partial charge in [-0.3, -0.25) is 9.59 Å². The van der Waals surface area contributed by atoms with Crippen LogP contribution >= 0.6 is 0 Å². The van der Waals surface area contributed by atoms with Crippen molar-refractivity contribution >= 4 is 21.7 Å². The number of aromatic nitrogens is 2. The molecule has 0 bridgehead atoms. The highest BCUT2D eigenvalue weighted by Crippen LogP contribution is 2.11. The van der Waals surface area contributed by atoms with Crippen molar-refractivity contribution in [1.29, 1.82) is 0 Å². The first kappa shape index (κ1) is 19.1. The van der Waals surface area contributed by atoms with E-state index in [0.717, 1.165) is 11.3 Å². The van der Waals surface area contributed by atoms with Gasteiger partial charge in [0.25, 0.3) is 0 Å². The maximum atomic E-state index is 12.0. The van der Waals surface area contributed by atoms with E-state index >= 15 is 0 Å². The van der Waals surface area contributed by atoms with Gasteiger partial charge >= 0.3 is 0 Å². The lowest BCUT2D eigenvalue weighted by molar-refractivity contribution is -0.122. The molecule has 1 atom stereocenters. The molecule has 3 rings (SSSR count). The molecule has 144 valence electrons. The zero-order valence-electron chi connectivity index (χ0n) is 14.8. The lowest BCUT2D eigenvalue weighted by atomic mass is 10.2. The number of rotatable bonds is 7. The first-order valence-electron chi connectivity index (χ1n) is 8.77. The minimum atomic E-state index is -3.02. The lowest BCUT2D eigenvalue weighted by Gasteiger charge is -2.11. The van der Waals surface area contributed by atoms with Gasteiger partial charge in [-0.15, -0.1) is 0 Å². The van der Waals surface area contributed by atoms with Crippen LogP contribution in [0, 0.1) is 0 Å². The van der Waals surface area contributed by atoms with Crippen LogP contribution < -0.4 is 10.6 Å². The van der Waals surface area contributed by atoms with Gasteiger partial charge in [-0.05, 0) is 24.1 Å². The number of amides is 2. The molecule has 2 heterocycles. The molecule has 1 unspecified atom stereocenters. The normalized spacial score (nSPS) is 18.1. The van der Waals surface area contributed by atoms with Crippen LogP contribution in [-0.4, -0.2) is 54.1 Å². The Balaban J connectivity index is 1.39. The molecule has 9 heteroatoms. The molecule has 27 heavy (non-hydrogen) atoms. The minimum Gasteiger partial charge on any atom is -0.355 e. The fourth-order valence-electron chi connectivity index (χ4n) is 2.95. The fourth-order valence-corrected chi connectivity index (χ4v) is 4.62. The van der Waals surface area contributed by atoms with Gasteiger partial charge in [0.2, 0.25) is 11.8 Å². The van der Waals surface area contributed by atoms with Gasteiger partial charge < -0.3 is 10.6 Å². The second-order valence-corrected chi connectivity index (χ2v) is 8.80. The van der Waals surface area contributed by atoms with Crippen molar-refractivity contribution < 1.29 is 18.0 Å². The number of nitrogens with one attached hydrogen (secondary N) is 2. The van der Waals surface area contributed by atoms with Crippen molar-refractivity contribution in [2.24, 2.45) is 0 Å². The third-order valence-electron chi connectivity index (χ3n) is 4.29. The van der Waals surface area contributed by atoms with E-state index in [4.69, 9.17) is 0 Å². The molecule has 1 aliphatic rings. The summed E-state index contributed by atoms with van der Waals surface area (Å²) in [5, 5.41) is 9.63. The number of carbonyl (C=O) groups excluding carboxylic acids is 2. The maximum absolute atomic E-state index is 12.0. The summed E-state index contributed by atoms with van der Waals surface area (Å²) in [5.74, 6) is -0.338. The number of hydrogen-bond donors (Lipinski definition) is 2. The monoisotopic (exact) mass is 390 g/mol. The second-order valence-electron chi connectivity index (χ2n) is 6.57. The van der Waals surface area contributed by atoms with Crippen LogP contribution in [0.3, 0.4) is 0 Å². The number of carbonyl (C=O) groups is 2. The van der Waals surface area contributed by atoms with Gasteiger partial charge in [-0.1, -0.05) is 18.2 Å².